The Balaban J connectivity index is 2.30. The van der Waals surface area contributed by atoms with Gasteiger partial charge in [-0.15, -0.1) is 0 Å². The Kier molecular flexibility index (Phi) is 3.44. The van der Waals surface area contributed by atoms with E-state index in [0.717, 1.165) is 25.7 Å². The molecule has 3 heteroatoms. The Labute approximate surface area is 95.1 Å². The van der Waals surface area contributed by atoms with E-state index in [-0.39, 0.29) is 11.7 Å². The molecule has 1 aromatic rings. The fourth-order valence-electron chi connectivity index (χ4n) is 2.49. The monoisotopic (exact) mass is 224 g/mol. The highest BCUT2D eigenvalue weighted by molar-refractivity contribution is 5.36. The van der Waals surface area contributed by atoms with Crippen LogP contribution in [-0.4, -0.2) is 12.2 Å². The van der Waals surface area contributed by atoms with Crippen LogP contribution in [0, 0.1) is 11.7 Å². The molecule has 0 spiro atoms. The van der Waals surface area contributed by atoms with Crippen LogP contribution in [-0.2, 0) is 0 Å². The SMILES string of the molecule is COc1cccc(F)c1C(O)C1CCCC1. The highest BCUT2D eigenvalue weighted by Gasteiger charge is 2.28. The van der Waals surface area contributed by atoms with E-state index in [1.165, 1.54) is 13.2 Å². The number of hydrogen-bond donors (Lipinski definition) is 1. The molecule has 1 unspecified atom stereocenters. The van der Waals surface area contributed by atoms with Crippen molar-refractivity contribution in [1.82, 2.24) is 0 Å². The van der Waals surface area contributed by atoms with Crippen molar-refractivity contribution in [3.05, 3.63) is 29.6 Å². The van der Waals surface area contributed by atoms with Gasteiger partial charge in [0, 0.05) is 0 Å². The fraction of sp³-hybridized carbons (Fsp3) is 0.538. The van der Waals surface area contributed by atoms with Crippen LogP contribution in [0.4, 0.5) is 4.39 Å². The van der Waals surface area contributed by atoms with Gasteiger partial charge >= 0.3 is 0 Å². The number of rotatable bonds is 3. The molecular formula is C13H17FO2. The number of methoxy groups -OCH3 is 1. The van der Waals surface area contributed by atoms with E-state index in [9.17, 15) is 9.50 Å². The van der Waals surface area contributed by atoms with Crippen molar-refractivity contribution >= 4 is 0 Å². The maximum Gasteiger partial charge on any atom is 0.132 e. The van der Waals surface area contributed by atoms with Gasteiger partial charge in [-0.05, 0) is 30.9 Å². The maximum atomic E-state index is 13.7. The van der Waals surface area contributed by atoms with Crippen LogP contribution in [0.3, 0.4) is 0 Å². The molecule has 2 rings (SSSR count). The normalized spacial score (nSPS) is 18.7. The Morgan fingerprint density at radius 3 is 2.69 bits per heavy atom. The number of ether oxygens (including phenoxy) is 1. The summed E-state index contributed by atoms with van der Waals surface area (Å²) in [5.41, 5.74) is 0.317. The first-order valence-corrected chi connectivity index (χ1v) is 5.74. The summed E-state index contributed by atoms with van der Waals surface area (Å²) in [6.45, 7) is 0. The summed E-state index contributed by atoms with van der Waals surface area (Å²) in [5, 5.41) is 10.2. The van der Waals surface area contributed by atoms with Gasteiger partial charge in [0.1, 0.15) is 11.6 Å². The Morgan fingerprint density at radius 1 is 1.38 bits per heavy atom. The van der Waals surface area contributed by atoms with Gasteiger partial charge in [0.05, 0.1) is 18.8 Å². The van der Waals surface area contributed by atoms with E-state index in [4.69, 9.17) is 4.74 Å². The molecule has 1 aliphatic rings. The molecule has 2 nitrogen and oxygen atoms in total. The zero-order valence-corrected chi connectivity index (χ0v) is 9.45. The van der Waals surface area contributed by atoms with Gasteiger partial charge in [-0.25, -0.2) is 4.39 Å². The lowest BCUT2D eigenvalue weighted by atomic mass is 9.93. The molecule has 0 bridgehead atoms. The quantitative estimate of drug-likeness (QED) is 0.855. The van der Waals surface area contributed by atoms with Crippen LogP contribution in [0.5, 0.6) is 5.75 Å². The summed E-state index contributed by atoms with van der Waals surface area (Å²) in [6, 6.07) is 4.66. The molecule has 0 aromatic heterocycles. The highest BCUT2D eigenvalue weighted by atomic mass is 19.1. The number of aliphatic hydroxyl groups excluding tert-OH is 1. The first-order chi connectivity index (χ1) is 7.74. The van der Waals surface area contributed by atoms with E-state index in [0.29, 0.717) is 11.3 Å². The summed E-state index contributed by atoms with van der Waals surface area (Å²) < 4.78 is 18.8. The Hall–Kier alpha value is -1.09. The Morgan fingerprint density at radius 2 is 2.06 bits per heavy atom. The lowest BCUT2D eigenvalue weighted by molar-refractivity contribution is 0.104. The molecule has 1 fully saturated rings. The molecule has 1 N–H and O–H groups in total. The van der Waals surface area contributed by atoms with Gasteiger partial charge in [0.15, 0.2) is 0 Å². The number of benzene rings is 1. The van der Waals surface area contributed by atoms with Gasteiger partial charge in [0.25, 0.3) is 0 Å². The van der Waals surface area contributed by atoms with Gasteiger partial charge in [-0.3, -0.25) is 0 Å². The van der Waals surface area contributed by atoms with Gasteiger partial charge in [-0.1, -0.05) is 18.9 Å². The lowest BCUT2D eigenvalue weighted by Crippen LogP contribution is -2.12. The minimum atomic E-state index is -0.737. The summed E-state index contributed by atoms with van der Waals surface area (Å²) in [5.74, 6) is 0.240. The van der Waals surface area contributed by atoms with E-state index in [2.05, 4.69) is 0 Å². The minimum absolute atomic E-state index is 0.172. The molecule has 1 atom stereocenters. The molecule has 0 amide bonds. The van der Waals surface area contributed by atoms with Crippen molar-refractivity contribution in [2.24, 2.45) is 5.92 Å². The highest BCUT2D eigenvalue weighted by Crippen LogP contribution is 2.39. The standard InChI is InChI=1S/C13H17FO2/c1-16-11-8-4-7-10(14)12(11)13(15)9-5-2-3-6-9/h4,7-9,13,15H,2-3,5-6H2,1H3. The van der Waals surface area contributed by atoms with E-state index in [1.807, 2.05) is 0 Å². The van der Waals surface area contributed by atoms with E-state index in [1.54, 1.807) is 12.1 Å². The van der Waals surface area contributed by atoms with Crippen LogP contribution in [0.2, 0.25) is 0 Å². The maximum absolute atomic E-state index is 13.7. The topological polar surface area (TPSA) is 29.5 Å². The molecule has 0 saturated heterocycles. The van der Waals surface area contributed by atoms with Crippen LogP contribution >= 0.6 is 0 Å². The third-order valence-corrected chi connectivity index (χ3v) is 3.37. The minimum Gasteiger partial charge on any atom is -0.496 e. The van der Waals surface area contributed by atoms with Crippen molar-refractivity contribution in [3.63, 3.8) is 0 Å². The van der Waals surface area contributed by atoms with Gasteiger partial charge in [-0.2, -0.15) is 0 Å². The zero-order chi connectivity index (χ0) is 11.5. The average molecular weight is 224 g/mol. The number of halogens is 1. The molecule has 0 heterocycles. The Bertz CT molecular complexity index is 359. The third-order valence-electron chi connectivity index (χ3n) is 3.37. The van der Waals surface area contributed by atoms with Gasteiger partial charge < -0.3 is 9.84 Å². The van der Waals surface area contributed by atoms with Crippen LogP contribution in [0.15, 0.2) is 18.2 Å². The van der Waals surface area contributed by atoms with Crippen LogP contribution in [0.1, 0.15) is 37.4 Å². The predicted octanol–water partition coefficient (Wildman–Crippen LogP) is 3.06. The molecule has 1 aromatic carbocycles. The zero-order valence-electron chi connectivity index (χ0n) is 9.45. The molecule has 88 valence electrons. The first kappa shape index (κ1) is 11.4. The van der Waals surface area contributed by atoms with Crippen molar-refractivity contribution in [2.45, 2.75) is 31.8 Å². The number of hydrogen-bond acceptors (Lipinski definition) is 2. The second-order valence-corrected chi connectivity index (χ2v) is 4.35. The van der Waals surface area contributed by atoms with Crippen LogP contribution in [0.25, 0.3) is 0 Å². The second kappa shape index (κ2) is 4.83. The van der Waals surface area contributed by atoms with Crippen molar-refractivity contribution < 1.29 is 14.2 Å². The smallest absolute Gasteiger partial charge is 0.132 e. The van der Waals surface area contributed by atoms with E-state index >= 15 is 0 Å². The molecule has 0 aliphatic heterocycles. The van der Waals surface area contributed by atoms with Crippen LogP contribution < -0.4 is 4.74 Å². The summed E-state index contributed by atoms with van der Waals surface area (Å²) in [7, 11) is 1.50. The fourth-order valence-corrected chi connectivity index (χ4v) is 2.49. The molecule has 1 aliphatic carbocycles. The number of aliphatic hydroxyl groups is 1. The summed E-state index contributed by atoms with van der Waals surface area (Å²) >= 11 is 0. The molecule has 16 heavy (non-hydrogen) atoms. The third kappa shape index (κ3) is 2.05. The first-order valence-electron chi connectivity index (χ1n) is 5.74. The predicted molar refractivity (Wildman–Crippen MR) is 59.9 cm³/mol. The lowest BCUT2D eigenvalue weighted by Gasteiger charge is -2.20. The van der Waals surface area contributed by atoms with Crippen molar-refractivity contribution in [3.8, 4) is 5.75 Å². The van der Waals surface area contributed by atoms with Crippen molar-refractivity contribution in [2.75, 3.05) is 7.11 Å². The van der Waals surface area contributed by atoms with E-state index < -0.39 is 6.10 Å². The summed E-state index contributed by atoms with van der Waals surface area (Å²) in [6.07, 6.45) is 3.45. The molecule has 1 saturated carbocycles. The van der Waals surface area contributed by atoms with Gasteiger partial charge in [0.2, 0.25) is 0 Å². The molecular weight excluding hydrogens is 207 g/mol. The second-order valence-electron chi connectivity index (χ2n) is 4.35. The largest absolute Gasteiger partial charge is 0.496 e. The molecule has 0 radical (unpaired) electrons. The summed E-state index contributed by atoms with van der Waals surface area (Å²) in [4.78, 5) is 0. The van der Waals surface area contributed by atoms with Crippen molar-refractivity contribution in [1.29, 1.82) is 0 Å². The average Bonchev–Trinajstić information content (AvgIpc) is 2.81.